The van der Waals surface area contributed by atoms with Crippen molar-refractivity contribution < 1.29 is 14.3 Å². The van der Waals surface area contributed by atoms with Gasteiger partial charge in [-0.15, -0.1) is 13.2 Å². The molecule has 1 aliphatic rings. The zero-order valence-corrected chi connectivity index (χ0v) is 14.9. The number of rotatable bonds is 5. The zero-order chi connectivity index (χ0) is 17.1. The summed E-state index contributed by atoms with van der Waals surface area (Å²) in [6, 6.07) is -0.181. The Labute approximate surface area is 135 Å². The molecule has 0 radical (unpaired) electrons. The van der Waals surface area contributed by atoms with Gasteiger partial charge in [0.1, 0.15) is 12.2 Å². The fourth-order valence-corrected chi connectivity index (χ4v) is 2.70. The van der Waals surface area contributed by atoms with Crippen molar-refractivity contribution in [2.45, 2.75) is 77.4 Å². The summed E-state index contributed by atoms with van der Waals surface area (Å²) in [5.74, 6) is 0.0300. The van der Waals surface area contributed by atoms with Crippen LogP contribution in [0.1, 0.15) is 48.0 Å². The van der Waals surface area contributed by atoms with Gasteiger partial charge in [-0.2, -0.15) is 0 Å². The maximum absolute atomic E-state index is 12.3. The number of ether oxygens (including phenoxy) is 2. The highest BCUT2D eigenvalue weighted by Gasteiger charge is 2.46. The predicted molar refractivity (Wildman–Crippen MR) is 89.8 cm³/mol. The van der Waals surface area contributed by atoms with Crippen molar-refractivity contribution in [1.82, 2.24) is 4.90 Å². The molecule has 0 aromatic heterocycles. The van der Waals surface area contributed by atoms with E-state index >= 15 is 0 Å². The van der Waals surface area contributed by atoms with Crippen LogP contribution in [0.2, 0.25) is 0 Å². The second kappa shape index (κ2) is 6.97. The summed E-state index contributed by atoms with van der Waals surface area (Å²) in [4.78, 5) is 14.1. The highest BCUT2D eigenvalue weighted by atomic mass is 16.6. The van der Waals surface area contributed by atoms with E-state index in [1.165, 1.54) is 0 Å². The first-order chi connectivity index (χ1) is 9.98. The van der Waals surface area contributed by atoms with Crippen LogP contribution in [-0.2, 0) is 14.3 Å². The number of carbonyl (C=O) groups excluding carboxylic acids is 1. The van der Waals surface area contributed by atoms with E-state index in [0.717, 1.165) is 0 Å². The largest absolute Gasteiger partial charge is 0.368 e. The van der Waals surface area contributed by atoms with Gasteiger partial charge in [-0.1, -0.05) is 12.2 Å². The molecule has 4 heteroatoms. The lowest BCUT2D eigenvalue weighted by atomic mass is 10.1. The van der Waals surface area contributed by atoms with Crippen LogP contribution in [0.5, 0.6) is 0 Å². The monoisotopic (exact) mass is 309 g/mol. The molecule has 0 N–H and O–H groups in total. The number of hydrogen-bond acceptors (Lipinski definition) is 3. The van der Waals surface area contributed by atoms with Crippen molar-refractivity contribution in [3.05, 3.63) is 25.3 Å². The molecule has 0 unspecified atom stereocenters. The van der Waals surface area contributed by atoms with Crippen molar-refractivity contribution >= 4 is 5.91 Å². The van der Waals surface area contributed by atoms with Gasteiger partial charge < -0.3 is 14.4 Å². The molecule has 3 atom stereocenters. The number of hydrogen-bond donors (Lipinski definition) is 0. The summed E-state index contributed by atoms with van der Waals surface area (Å²) in [5, 5.41) is 0. The molecule has 126 valence electrons. The molecule has 1 heterocycles. The van der Waals surface area contributed by atoms with E-state index in [2.05, 4.69) is 13.2 Å². The smallest absolute Gasteiger partial charge is 0.227 e. The van der Waals surface area contributed by atoms with Crippen molar-refractivity contribution in [1.29, 1.82) is 0 Å². The van der Waals surface area contributed by atoms with Crippen molar-refractivity contribution in [2.24, 2.45) is 0 Å². The van der Waals surface area contributed by atoms with Crippen LogP contribution in [0, 0.1) is 0 Å². The molecule has 1 aliphatic heterocycles. The predicted octanol–water partition coefficient (Wildman–Crippen LogP) is 3.33. The topological polar surface area (TPSA) is 38.8 Å². The van der Waals surface area contributed by atoms with E-state index in [4.69, 9.17) is 9.47 Å². The van der Waals surface area contributed by atoms with E-state index in [1.807, 2.05) is 41.5 Å². The minimum absolute atomic E-state index is 0.0300. The lowest BCUT2D eigenvalue weighted by Gasteiger charge is -2.34. The summed E-state index contributed by atoms with van der Waals surface area (Å²) >= 11 is 0. The summed E-state index contributed by atoms with van der Waals surface area (Å²) in [5.41, 5.74) is -0.615. The minimum atomic E-state index is -0.317. The Kier molecular flexibility index (Phi) is 5.99. The molecule has 1 fully saturated rings. The summed E-state index contributed by atoms with van der Waals surface area (Å²) in [6.07, 6.45) is 3.33. The molecule has 1 saturated heterocycles. The third-order valence-electron chi connectivity index (χ3n) is 3.31. The molecular weight excluding hydrogens is 278 g/mol. The number of nitrogens with zero attached hydrogens (tertiary/aromatic N) is 1. The summed E-state index contributed by atoms with van der Waals surface area (Å²) in [6.45, 7) is 20.1. The first-order valence-corrected chi connectivity index (χ1v) is 7.87. The van der Waals surface area contributed by atoms with Gasteiger partial charge in [-0.05, 0) is 41.5 Å². The maximum Gasteiger partial charge on any atom is 0.227 e. The molecule has 0 spiro atoms. The van der Waals surface area contributed by atoms with Gasteiger partial charge in [0, 0.05) is 6.42 Å². The van der Waals surface area contributed by atoms with Crippen molar-refractivity contribution in [3.8, 4) is 0 Å². The SMILES string of the molecule is C=CCC(=O)N1C[C@H](OC(C)(C)C)[C@@H](OC(C)(C)C)[C@@H]1C=C. The molecule has 0 aromatic carbocycles. The van der Waals surface area contributed by atoms with Crippen LogP contribution in [0.3, 0.4) is 0 Å². The fraction of sp³-hybridized carbons (Fsp3) is 0.722. The van der Waals surface area contributed by atoms with Crippen molar-refractivity contribution in [2.75, 3.05) is 6.54 Å². The molecule has 0 saturated carbocycles. The van der Waals surface area contributed by atoms with E-state index in [9.17, 15) is 4.79 Å². The number of likely N-dealkylation sites (tertiary alicyclic amines) is 1. The van der Waals surface area contributed by atoms with E-state index < -0.39 is 0 Å². The van der Waals surface area contributed by atoms with Crippen LogP contribution >= 0.6 is 0 Å². The van der Waals surface area contributed by atoms with Gasteiger partial charge in [0.15, 0.2) is 0 Å². The van der Waals surface area contributed by atoms with Gasteiger partial charge >= 0.3 is 0 Å². The number of carbonyl (C=O) groups is 1. The van der Waals surface area contributed by atoms with E-state index in [-0.39, 0.29) is 35.4 Å². The second-order valence-corrected chi connectivity index (χ2v) is 7.73. The first kappa shape index (κ1) is 18.9. The van der Waals surface area contributed by atoms with Crippen LogP contribution in [0.25, 0.3) is 0 Å². The summed E-state index contributed by atoms with van der Waals surface area (Å²) < 4.78 is 12.4. The normalized spacial score (nSPS) is 26.1. The highest BCUT2D eigenvalue weighted by molar-refractivity contribution is 5.78. The fourth-order valence-electron chi connectivity index (χ4n) is 2.70. The summed E-state index contributed by atoms with van der Waals surface area (Å²) in [7, 11) is 0. The minimum Gasteiger partial charge on any atom is -0.368 e. The lowest BCUT2D eigenvalue weighted by molar-refractivity contribution is -0.148. The molecular formula is C18H31NO3. The van der Waals surface area contributed by atoms with Gasteiger partial charge in [-0.3, -0.25) is 4.79 Å². The highest BCUT2D eigenvalue weighted by Crippen LogP contribution is 2.31. The Hall–Kier alpha value is -1.13. The molecule has 0 aliphatic carbocycles. The average molecular weight is 309 g/mol. The van der Waals surface area contributed by atoms with E-state index in [1.54, 1.807) is 17.1 Å². The molecule has 1 amide bonds. The van der Waals surface area contributed by atoms with Gasteiger partial charge in [0.25, 0.3) is 0 Å². The Morgan fingerprint density at radius 1 is 1.14 bits per heavy atom. The molecule has 0 bridgehead atoms. The quantitative estimate of drug-likeness (QED) is 0.731. The lowest BCUT2D eigenvalue weighted by Crippen LogP contribution is -2.44. The Bertz CT molecular complexity index is 417. The molecule has 22 heavy (non-hydrogen) atoms. The maximum atomic E-state index is 12.3. The third-order valence-corrected chi connectivity index (χ3v) is 3.31. The van der Waals surface area contributed by atoms with Crippen LogP contribution in [0.15, 0.2) is 25.3 Å². The van der Waals surface area contributed by atoms with Crippen LogP contribution in [-0.4, -0.2) is 46.8 Å². The van der Waals surface area contributed by atoms with Gasteiger partial charge in [-0.25, -0.2) is 0 Å². The molecule has 0 aromatic rings. The second-order valence-electron chi connectivity index (χ2n) is 7.73. The Morgan fingerprint density at radius 2 is 1.68 bits per heavy atom. The average Bonchev–Trinajstić information content (AvgIpc) is 2.63. The third kappa shape index (κ3) is 5.25. The Morgan fingerprint density at radius 3 is 2.09 bits per heavy atom. The standard InChI is InChI=1S/C18H31NO3/c1-9-11-15(20)19-12-14(21-17(3,4)5)16(13(19)10-2)22-18(6,7)8/h9-10,13-14,16H,1-2,11-12H2,3-8H3/t13-,14-,16-/m0/s1. The first-order valence-electron chi connectivity index (χ1n) is 7.87. The molecule has 1 rings (SSSR count). The van der Waals surface area contributed by atoms with Gasteiger partial charge in [0.05, 0.1) is 23.8 Å². The van der Waals surface area contributed by atoms with Crippen LogP contribution < -0.4 is 0 Å². The van der Waals surface area contributed by atoms with Crippen molar-refractivity contribution in [3.63, 3.8) is 0 Å². The molecule has 4 nitrogen and oxygen atoms in total. The zero-order valence-electron chi connectivity index (χ0n) is 14.9. The number of amides is 1. The van der Waals surface area contributed by atoms with Gasteiger partial charge in [0.2, 0.25) is 5.91 Å². The Balaban J connectivity index is 3.04. The van der Waals surface area contributed by atoms with Crippen LogP contribution in [0.4, 0.5) is 0 Å². The van der Waals surface area contributed by atoms with E-state index in [0.29, 0.717) is 13.0 Å².